The van der Waals surface area contributed by atoms with E-state index in [1.165, 1.54) is 13.8 Å². The van der Waals surface area contributed by atoms with Crippen LogP contribution in [0.2, 0.25) is 0 Å². The molecule has 0 bridgehead atoms. The van der Waals surface area contributed by atoms with Crippen LogP contribution in [0.15, 0.2) is 0 Å². The highest BCUT2D eigenvalue weighted by Gasteiger charge is 2.42. The fourth-order valence-electron chi connectivity index (χ4n) is 2.36. The predicted octanol–water partition coefficient (Wildman–Crippen LogP) is -1.07. The normalized spacial score (nSPS) is 23.2. The van der Waals surface area contributed by atoms with Crippen molar-refractivity contribution in [3.63, 3.8) is 0 Å². The standard InChI is InChI=1S/C12H23N3O3S/c1-12(2,19(3,17)18)11(16)15-6-4-14(5-7-15)10-8-13-9-10/h10,13H,4-9H2,1-3H3. The van der Waals surface area contributed by atoms with Crippen molar-refractivity contribution in [3.05, 3.63) is 0 Å². The summed E-state index contributed by atoms with van der Waals surface area (Å²) >= 11 is 0. The third-order valence-corrected chi connectivity index (χ3v) is 6.35. The van der Waals surface area contributed by atoms with E-state index in [1.807, 2.05) is 0 Å². The third-order valence-electron chi connectivity index (χ3n) is 4.32. The molecule has 0 aliphatic carbocycles. The molecular weight excluding hydrogens is 266 g/mol. The van der Waals surface area contributed by atoms with E-state index in [1.54, 1.807) is 4.90 Å². The number of amides is 1. The smallest absolute Gasteiger partial charge is 0.243 e. The number of sulfone groups is 1. The van der Waals surface area contributed by atoms with Gasteiger partial charge in [-0.2, -0.15) is 0 Å². The first-order chi connectivity index (χ1) is 8.73. The van der Waals surface area contributed by atoms with E-state index in [-0.39, 0.29) is 5.91 Å². The summed E-state index contributed by atoms with van der Waals surface area (Å²) in [5.74, 6) is -0.276. The van der Waals surface area contributed by atoms with Gasteiger partial charge in [-0.25, -0.2) is 8.42 Å². The van der Waals surface area contributed by atoms with Crippen molar-refractivity contribution in [2.24, 2.45) is 0 Å². The molecule has 2 aliphatic rings. The maximum Gasteiger partial charge on any atom is 0.243 e. The molecule has 7 heteroatoms. The first kappa shape index (κ1) is 14.7. The molecule has 6 nitrogen and oxygen atoms in total. The van der Waals surface area contributed by atoms with Gasteiger partial charge in [0.1, 0.15) is 4.75 Å². The number of piperazine rings is 1. The quantitative estimate of drug-likeness (QED) is 0.716. The maximum atomic E-state index is 12.3. The molecule has 0 atom stereocenters. The Morgan fingerprint density at radius 2 is 1.68 bits per heavy atom. The summed E-state index contributed by atoms with van der Waals surface area (Å²) in [6, 6.07) is 0.583. The Bertz CT molecular complexity index is 449. The Balaban J connectivity index is 1.95. The molecule has 0 spiro atoms. The summed E-state index contributed by atoms with van der Waals surface area (Å²) < 4.78 is 22.1. The van der Waals surface area contributed by atoms with Crippen LogP contribution in [-0.2, 0) is 14.6 Å². The molecule has 2 fully saturated rings. The van der Waals surface area contributed by atoms with Crippen molar-refractivity contribution in [1.29, 1.82) is 0 Å². The molecule has 1 N–H and O–H groups in total. The lowest BCUT2D eigenvalue weighted by Gasteiger charge is -2.44. The van der Waals surface area contributed by atoms with Crippen molar-refractivity contribution >= 4 is 15.7 Å². The van der Waals surface area contributed by atoms with E-state index in [4.69, 9.17) is 0 Å². The van der Waals surface area contributed by atoms with Crippen LogP contribution < -0.4 is 5.32 Å². The Labute approximate surface area is 115 Å². The number of carbonyl (C=O) groups excluding carboxylic acids is 1. The molecule has 0 unspecified atom stereocenters. The molecule has 2 saturated heterocycles. The van der Waals surface area contributed by atoms with E-state index < -0.39 is 14.6 Å². The van der Waals surface area contributed by atoms with E-state index in [9.17, 15) is 13.2 Å². The number of nitrogens with zero attached hydrogens (tertiary/aromatic N) is 2. The molecule has 0 radical (unpaired) electrons. The highest BCUT2D eigenvalue weighted by atomic mass is 32.2. The van der Waals surface area contributed by atoms with Crippen LogP contribution in [-0.4, -0.2) is 80.4 Å². The molecule has 1 amide bonds. The lowest BCUT2D eigenvalue weighted by atomic mass is 10.1. The highest BCUT2D eigenvalue weighted by molar-refractivity contribution is 7.92. The number of nitrogens with one attached hydrogen (secondary N) is 1. The van der Waals surface area contributed by atoms with Crippen LogP contribution in [0.3, 0.4) is 0 Å². The summed E-state index contributed by atoms with van der Waals surface area (Å²) in [6.45, 7) is 7.92. The molecule has 0 aromatic rings. The van der Waals surface area contributed by atoms with E-state index >= 15 is 0 Å². The first-order valence-corrected chi connectivity index (χ1v) is 8.56. The molecule has 2 aliphatic heterocycles. The van der Waals surface area contributed by atoms with Gasteiger partial charge in [0.05, 0.1) is 0 Å². The van der Waals surface area contributed by atoms with Crippen molar-refractivity contribution in [2.45, 2.75) is 24.6 Å². The average Bonchev–Trinajstić information content (AvgIpc) is 2.25. The fourth-order valence-corrected chi connectivity index (χ4v) is 2.81. The third kappa shape index (κ3) is 2.78. The van der Waals surface area contributed by atoms with Gasteiger partial charge in [-0.15, -0.1) is 0 Å². The second-order valence-corrected chi connectivity index (χ2v) is 8.49. The Morgan fingerprint density at radius 1 is 1.16 bits per heavy atom. The Kier molecular flexibility index (Phi) is 3.90. The zero-order valence-electron chi connectivity index (χ0n) is 11.8. The molecule has 2 rings (SSSR count). The van der Waals surface area contributed by atoms with Gasteiger partial charge >= 0.3 is 0 Å². The first-order valence-electron chi connectivity index (χ1n) is 6.67. The SMILES string of the molecule is CC(C)(C(=O)N1CCN(C2CNC2)CC1)S(C)(=O)=O. The second kappa shape index (κ2) is 5.03. The van der Waals surface area contributed by atoms with Crippen LogP contribution in [0.25, 0.3) is 0 Å². The summed E-state index contributed by atoms with van der Waals surface area (Å²) in [6.07, 6.45) is 1.13. The topological polar surface area (TPSA) is 69.7 Å². The van der Waals surface area contributed by atoms with Gasteiger partial charge in [-0.3, -0.25) is 9.69 Å². The molecule has 2 heterocycles. The van der Waals surface area contributed by atoms with Gasteiger partial charge in [0, 0.05) is 51.6 Å². The zero-order chi connectivity index (χ0) is 14.3. The monoisotopic (exact) mass is 289 g/mol. The largest absolute Gasteiger partial charge is 0.339 e. The highest BCUT2D eigenvalue weighted by Crippen LogP contribution is 2.20. The Hall–Kier alpha value is -0.660. The van der Waals surface area contributed by atoms with Crippen LogP contribution in [0.5, 0.6) is 0 Å². The summed E-state index contributed by atoms with van der Waals surface area (Å²) in [5, 5.41) is 3.24. The van der Waals surface area contributed by atoms with Crippen molar-refractivity contribution in [3.8, 4) is 0 Å². The zero-order valence-corrected chi connectivity index (χ0v) is 12.7. The van der Waals surface area contributed by atoms with Crippen LogP contribution in [0, 0.1) is 0 Å². The predicted molar refractivity (Wildman–Crippen MR) is 73.7 cm³/mol. The minimum atomic E-state index is -3.39. The molecular formula is C12H23N3O3S. The number of hydrogen-bond acceptors (Lipinski definition) is 5. The second-order valence-electron chi connectivity index (χ2n) is 5.92. The van der Waals surface area contributed by atoms with Crippen LogP contribution in [0.4, 0.5) is 0 Å². The van der Waals surface area contributed by atoms with Gasteiger partial charge in [-0.05, 0) is 13.8 Å². The van der Waals surface area contributed by atoms with Crippen molar-refractivity contribution in [2.75, 3.05) is 45.5 Å². The Morgan fingerprint density at radius 3 is 2.05 bits per heavy atom. The molecule has 19 heavy (non-hydrogen) atoms. The molecule has 0 aromatic carbocycles. The number of rotatable bonds is 3. The fraction of sp³-hybridized carbons (Fsp3) is 0.917. The molecule has 0 aromatic heterocycles. The van der Waals surface area contributed by atoms with Gasteiger partial charge < -0.3 is 10.2 Å². The van der Waals surface area contributed by atoms with Crippen molar-refractivity contribution in [1.82, 2.24) is 15.1 Å². The number of hydrogen-bond donors (Lipinski definition) is 1. The lowest BCUT2D eigenvalue weighted by molar-refractivity contribution is -0.135. The van der Waals surface area contributed by atoms with E-state index in [0.29, 0.717) is 19.1 Å². The van der Waals surface area contributed by atoms with Gasteiger partial charge in [0.2, 0.25) is 5.91 Å². The van der Waals surface area contributed by atoms with Gasteiger partial charge in [-0.1, -0.05) is 0 Å². The van der Waals surface area contributed by atoms with Crippen LogP contribution >= 0.6 is 0 Å². The average molecular weight is 289 g/mol. The minimum Gasteiger partial charge on any atom is -0.339 e. The van der Waals surface area contributed by atoms with Crippen LogP contribution in [0.1, 0.15) is 13.8 Å². The minimum absolute atomic E-state index is 0.276. The molecule has 110 valence electrons. The summed E-state index contributed by atoms with van der Waals surface area (Å²) in [5.41, 5.74) is 0. The summed E-state index contributed by atoms with van der Waals surface area (Å²) in [7, 11) is -3.39. The van der Waals surface area contributed by atoms with E-state index in [0.717, 1.165) is 32.4 Å². The molecule has 0 saturated carbocycles. The lowest BCUT2D eigenvalue weighted by Crippen LogP contribution is -2.63. The van der Waals surface area contributed by atoms with Crippen molar-refractivity contribution < 1.29 is 13.2 Å². The summed E-state index contributed by atoms with van der Waals surface area (Å²) in [4.78, 5) is 16.4. The van der Waals surface area contributed by atoms with Gasteiger partial charge in [0.15, 0.2) is 9.84 Å². The van der Waals surface area contributed by atoms with Gasteiger partial charge in [0.25, 0.3) is 0 Å². The number of carbonyl (C=O) groups is 1. The maximum absolute atomic E-state index is 12.3. The van der Waals surface area contributed by atoms with E-state index in [2.05, 4.69) is 10.2 Å².